The Morgan fingerprint density at radius 3 is 2.14 bits per heavy atom. The van der Waals surface area contributed by atoms with Crippen molar-refractivity contribution in [2.75, 3.05) is 19.2 Å². The van der Waals surface area contributed by atoms with Gasteiger partial charge in [-0.25, -0.2) is 0 Å². The van der Waals surface area contributed by atoms with Crippen LogP contribution in [-0.4, -0.2) is 25.3 Å². The van der Waals surface area contributed by atoms with Crippen LogP contribution in [0, 0.1) is 11.8 Å². The topological polar surface area (TPSA) is 60.4 Å². The quantitative estimate of drug-likeness (QED) is 0.717. The molecule has 0 spiro atoms. The molecule has 0 N–H and O–H groups in total. The van der Waals surface area contributed by atoms with E-state index >= 15 is 0 Å². The Hall–Kier alpha value is -1.21. The van der Waals surface area contributed by atoms with Crippen LogP contribution in [0.1, 0.15) is 26.3 Å². The normalized spacial score (nSPS) is 14.5. The van der Waals surface area contributed by atoms with E-state index in [1.807, 2.05) is 37.0 Å². The molecular formula is C16H25O4P. The largest absolute Gasteiger partial charge is 0.373 e. The zero-order chi connectivity index (χ0) is 16.3. The van der Waals surface area contributed by atoms with Gasteiger partial charge in [0.15, 0.2) is 0 Å². The van der Waals surface area contributed by atoms with Gasteiger partial charge < -0.3 is 9.30 Å². The maximum Gasteiger partial charge on any atom is 0.373 e. The van der Waals surface area contributed by atoms with Crippen molar-refractivity contribution in [1.29, 1.82) is 0 Å². The van der Waals surface area contributed by atoms with Crippen LogP contribution < -0.4 is 0 Å². The fraction of sp³-hybridized carbons (Fsp3) is 0.562. The summed E-state index contributed by atoms with van der Waals surface area (Å²) in [7, 11) is -2.16. The van der Waals surface area contributed by atoms with Crippen LogP contribution in [0.2, 0.25) is 0 Å². The van der Waals surface area contributed by atoms with Crippen molar-refractivity contribution < 1.29 is 18.9 Å². The minimum absolute atomic E-state index is 0.250. The molecule has 1 rings (SSSR count). The van der Waals surface area contributed by atoms with E-state index in [1.54, 1.807) is 0 Å². The van der Waals surface area contributed by atoms with Gasteiger partial charge in [0.05, 0.1) is 13.0 Å². The lowest BCUT2D eigenvalue weighted by molar-refractivity contribution is -0.191. The first-order valence-corrected chi connectivity index (χ1v) is 9.51. The first-order valence-electron chi connectivity index (χ1n) is 6.99. The summed E-state index contributed by atoms with van der Waals surface area (Å²) in [6, 6.07) is 10.0. The molecule has 21 heavy (non-hydrogen) atoms. The van der Waals surface area contributed by atoms with Gasteiger partial charge in [-0.2, -0.15) is 9.59 Å². The second kappa shape index (κ2) is 10.5. The molecule has 0 amide bonds. The highest BCUT2D eigenvalue weighted by Crippen LogP contribution is 2.44. The molecular weight excluding hydrogens is 287 g/mol. The van der Waals surface area contributed by atoms with Crippen molar-refractivity contribution >= 4 is 13.3 Å². The van der Waals surface area contributed by atoms with Gasteiger partial charge in [-0.05, 0) is 24.1 Å². The van der Waals surface area contributed by atoms with Crippen molar-refractivity contribution in [1.82, 2.24) is 0 Å². The van der Waals surface area contributed by atoms with Crippen molar-refractivity contribution in [3.63, 3.8) is 0 Å². The first-order chi connectivity index (χ1) is 9.82. The Morgan fingerprint density at radius 1 is 1.14 bits per heavy atom. The molecule has 0 heterocycles. The van der Waals surface area contributed by atoms with E-state index < -0.39 is 7.14 Å². The molecule has 0 aromatic heterocycles. The highest BCUT2D eigenvalue weighted by Gasteiger charge is 2.21. The van der Waals surface area contributed by atoms with E-state index in [1.165, 1.54) is 0 Å². The Bertz CT molecular complexity index is 464. The van der Waals surface area contributed by atoms with E-state index in [0.29, 0.717) is 24.8 Å². The zero-order valence-electron chi connectivity index (χ0n) is 13.2. The molecule has 0 aliphatic carbocycles. The molecule has 5 heteroatoms. The summed E-state index contributed by atoms with van der Waals surface area (Å²) >= 11 is 0. The Kier molecular flexibility index (Phi) is 9.90. The summed E-state index contributed by atoms with van der Waals surface area (Å²) in [6.07, 6.45) is 1.42. The molecule has 2 unspecified atom stereocenters. The van der Waals surface area contributed by atoms with E-state index in [9.17, 15) is 4.57 Å². The number of hydrogen-bond donors (Lipinski definition) is 0. The van der Waals surface area contributed by atoms with E-state index in [2.05, 4.69) is 20.8 Å². The summed E-state index contributed by atoms with van der Waals surface area (Å²) in [6.45, 7) is 8.93. The molecule has 0 saturated carbocycles. The molecule has 2 atom stereocenters. The summed E-state index contributed by atoms with van der Waals surface area (Å²) in [5.74, 6) is 1.06. The lowest BCUT2D eigenvalue weighted by Crippen LogP contribution is -2.11. The second-order valence-electron chi connectivity index (χ2n) is 5.75. The predicted molar refractivity (Wildman–Crippen MR) is 83.5 cm³/mol. The van der Waals surface area contributed by atoms with Gasteiger partial charge in [-0.15, -0.1) is 0 Å². The summed E-state index contributed by atoms with van der Waals surface area (Å²) < 4.78 is 18.0. The van der Waals surface area contributed by atoms with Gasteiger partial charge in [-0.3, -0.25) is 0 Å². The summed E-state index contributed by atoms with van der Waals surface area (Å²) in [5.41, 5.74) is 1.13. The van der Waals surface area contributed by atoms with Gasteiger partial charge in [-0.1, -0.05) is 51.1 Å². The SMILES string of the molecule is CC(C)C(C)CP(C)(=O)COCc1ccccc1.O=C=O. The molecule has 118 valence electrons. The number of ether oxygens (including phenoxy) is 1. The average molecular weight is 312 g/mol. The molecule has 0 aliphatic heterocycles. The molecule has 0 bridgehead atoms. The zero-order valence-corrected chi connectivity index (χ0v) is 14.1. The predicted octanol–water partition coefficient (Wildman–Crippen LogP) is 3.86. The third-order valence-electron chi connectivity index (χ3n) is 3.29. The van der Waals surface area contributed by atoms with E-state index in [-0.39, 0.29) is 6.15 Å². The number of benzene rings is 1. The third-order valence-corrected chi connectivity index (χ3v) is 5.37. The lowest BCUT2D eigenvalue weighted by atomic mass is 10.0. The van der Waals surface area contributed by atoms with Crippen LogP contribution in [0.4, 0.5) is 0 Å². The lowest BCUT2D eigenvalue weighted by Gasteiger charge is -2.21. The maximum absolute atomic E-state index is 12.4. The first kappa shape index (κ1) is 19.8. The second-order valence-corrected chi connectivity index (χ2v) is 8.96. The van der Waals surface area contributed by atoms with Crippen molar-refractivity contribution in [2.24, 2.45) is 11.8 Å². The monoisotopic (exact) mass is 312 g/mol. The van der Waals surface area contributed by atoms with E-state index in [0.717, 1.165) is 11.7 Å². The molecule has 0 radical (unpaired) electrons. The minimum Gasteiger partial charge on any atom is -0.369 e. The molecule has 0 fully saturated rings. The number of hydrogen-bond acceptors (Lipinski definition) is 4. The van der Waals surface area contributed by atoms with Gasteiger partial charge in [0.2, 0.25) is 0 Å². The fourth-order valence-electron chi connectivity index (χ4n) is 1.80. The molecule has 0 saturated heterocycles. The number of carbonyl (C=O) groups excluding carboxylic acids is 2. The highest BCUT2D eigenvalue weighted by atomic mass is 31.2. The van der Waals surface area contributed by atoms with Crippen LogP contribution in [0.15, 0.2) is 30.3 Å². The summed E-state index contributed by atoms with van der Waals surface area (Å²) in [5, 5.41) is 0. The van der Waals surface area contributed by atoms with Crippen LogP contribution in [-0.2, 0) is 25.5 Å². The van der Waals surface area contributed by atoms with Crippen molar-refractivity contribution in [3.05, 3.63) is 35.9 Å². The molecule has 1 aromatic rings. The van der Waals surface area contributed by atoms with Gasteiger partial charge in [0.25, 0.3) is 0 Å². The van der Waals surface area contributed by atoms with Gasteiger partial charge >= 0.3 is 6.15 Å². The Morgan fingerprint density at radius 2 is 1.67 bits per heavy atom. The highest BCUT2D eigenvalue weighted by molar-refractivity contribution is 7.62. The molecule has 1 aromatic carbocycles. The minimum atomic E-state index is -2.16. The molecule has 4 nitrogen and oxygen atoms in total. The van der Waals surface area contributed by atoms with Crippen molar-refractivity contribution in [2.45, 2.75) is 27.4 Å². The summed E-state index contributed by atoms with van der Waals surface area (Å²) in [4.78, 5) is 16.2. The van der Waals surface area contributed by atoms with Crippen LogP contribution >= 0.6 is 7.14 Å². The maximum atomic E-state index is 12.4. The van der Waals surface area contributed by atoms with E-state index in [4.69, 9.17) is 14.3 Å². The standard InChI is InChI=1S/C15H25O2P.CO2/c1-13(2)14(3)11-18(4,16)12-17-10-15-8-6-5-7-9-15;2-1-3/h5-9,13-14H,10-12H2,1-4H3;. The molecule has 0 aliphatic rings. The van der Waals surface area contributed by atoms with Crippen molar-refractivity contribution in [3.8, 4) is 0 Å². The van der Waals surface area contributed by atoms with Crippen LogP contribution in [0.3, 0.4) is 0 Å². The average Bonchev–Trinajstić information content (AvgIpc) is 2.40. The van der Waals surface area contributed by atoms with Gasteiger partial charge in [0, 0.05) is 6.16 Å². The van der Waals surface area contributed by atoms with Crippen LogP contribution in [0.25, 0.3) is 0 Å². The fourth-order valence-corrected chi connectivity index (χ4v) is 4.03. The van der Waals surface area contributed by atoms with Gasteiger partial charge in [0.1, 0.15) is 7.14 Å². The van der Waals surface area contributed by atoms with Crippen LogP contribution in [0.5, 0.6) is 0 Å². The number of rotatable bonds is 7. The smallest absolute Gasteiger partial charge is 0.369 e. The Balaban J connectivity index is 0.00000122. The Labute approximate surface area is 127 Å². The third kappa shape index (κ3) is 10.2.